The molecule has 0 amide bonds. The molecule has 0 spiro atoms. The topological polar surface area (TPSA) is 77.2 Å². The van der Waals surface area contributed by atoms with Crippen molar-refractivity contribution < 1.29 is 4.74 Å². The van der Waals surface area contributed by atoms with Crippen LogP contribution in [0.15, 0.2) is 35.6 Å². The first kappa shape index (κ1) is 10.7. The Bertz CT molecular complexity index is 739. The van der Waals surface area contributed by atoms with E-state index in [4.69, 9.17) is 4.74 Å². The van der Waals surface area contributed by atoms with E-state index >= 15 is 0 Å². The Balaban J connectivity index is 2.12. The third-order valence-corrected chi connectivity index (χ3v) is 2.58. The van der Waals surface area contributed by atoms with Crippen LogP contribution in [0.5, 0.6) is 0 Å². The predicted octanol–water partition coefficient (Wildman–Crippen LogP) is 0.355. The Hall–Kier alpha value is -2.41. The quantitative estimate of drug-likeness (QED) is 0.722. The SMILES string of the molecule is COCc1cnn(-c2cnn3ccc(=O)[nH]c23)c1. The molecule has 0 unspecified atom stereocenters. The Morgan fingerprint density at radius 1 is 1.39 bits per heavy atom. The van der Waals surface area contributed by atoms with E-state index in [0.717, 1.165) is 11.3 Å². The molecule has 7 heteroatoms. The van der Waals surface area contributed by atoms with Crippen LogP contribution in [-0.2, 0) is 11.3 Å². The fourth-order valence-electron chi connectivity index (χ4n) is 1.78. The van der Waals surface area contributed by atoms with E-state index in [1.54, 1.807) is 34.9 Å². The summed E-state index contributed by atoms with van der Waals surface area (Å²) in [6, 6.07) is 1.42. The molecule has 3 aromatic rings. The molecule has 18 heavy (non-hydrogen) atoms. The van der Waals surface area contributed by atoms with Crippen LogP contribution >= 0.6 is 0 Å². The molecule has 1 N–H and O–H groups in total. The maximum absolute atomic E-state index is 11.3. The molecular weight excluding hydrogens is 234 g/mol. The van der Waals surface area contributed by atoms with E-state index in [1.165, 1.54) is 6.07 Å². The van der Waals surface area contributed by atoms with Crippen molar-refractivity contribution in [2.75, 3.05) is 7.11 Å². The Labute approximate surface area is 102 Å². The molecule has 0 saturated carbocycles. The second-order valence-electron chi connectivity index (χ2n) is 3.85. The van der Waals surface area contributed by atoms with Gasteiger partial charge in [-0.15, -0.1) is 0 Å². The van der Waals surface area contributed by atoms with E-state index < -0.39 is 0 Å². The van der Waals surface area contributed by atoms with Gasteiger partial charge in [-0.3, -0.25) is 4.79 Å². The molecular formula is C11H11N5O2. The maximum Gasteiger partial charge on any atom is 0.251 e. The van der Waals surface area contributed by atoms with Crippen LogP contribution in [0, 0.1) is 0 Å². The summed E-state index contributed by atoms with van der Waals surface area (Å²) >= 11 is 0. The van der Waals surface area contributed by atoms with Crippen molar-refractivity contribution >= 4 is 5.65 Å². The average Bonchev–Trinajstić information content (AvgIpc) is 2.95. The fourth-order valence-corrected chi connectivity index (χ4v) is 1.78. The Kier molecular flexibility index (Phi) is 2.45. The maximum atomic E-state index is 11.3. The van der Waals surface area contributed by atoms with E-state index in [0.29, 0.717) is 12.3 Å². The fraction of sp³-hybridized carbons (Fsp3) is 0.182. The normalized spacial score (nSPS) is 11.2. The van der Waals surface area contributed by atoms with Crippen molar-refractivity contribution in [1.82, 2.24) is 24.4 Å². The highest BCUT2D eigenvalue weighted by Gasteiger charge is 2.08. The van der Waals surface area contributed by atoms with Gasteiger partial charge in [-0.1, -0.05) is 0 Å². The van der Waals surface area contributed by atoms with Crippen molar-refractivity contribution in [3.63, 3.8) is 0 Å². The smallest absolute Gasteiger partial charge is 0.251 e. The minimum absolute atomic E-state index is 0.173. The number of nitrogens with zero attached hydrogens (tertiary/aromatic N) is 4. The monoisotopic (exact) mass is 245 g/mol. The molecule has 0 aromatic carbocycles. The summed E-state index contributed by atoms with van der Waals surface area (Å²) < 4.78 is 8.28. The number of aromatic amines is 1. The number of hydrogen-bond donors (Lipinski definition) is 1. The summed E-state index contributed by atoms with van der Waals surface area (Å²) in [6.45, 7) is 0.496. The van der Waals surface area contributed by atoms with Gasteiger partial charge in [0.05, 0.1) is 19.0 Å². The molecule has 3 aromatic heterocycles. The van der Waals surface area contributed by atoms with Crippen molar-refractivity contribution in [2.45, 2.75) is 6.61 Å². The minimum Gasteiger partial charge on any atom is -0.380 e. The molecule has 0 aliphatic rings. The van der Waals surface area contributed by atoms with Crippen LogP contribution in [0.25, 0.3) is 11.3 Å². The van der Waals surface area contributed by atoms with E-state index in [9.17, 15) is 4.79 Å². The van der Waals surface area contributed by atoms with Crippen molar-refractivity contribution in [3.8, 4) is 5.69 Å². The number of hydrogen-bond acceptors (Lipinski definition) is 4. The van der Waals surface area contributed by atoms with E-state index in [2.05, 4.69) is 15.2 Å². The van der Waals surface area contributed by atoms with Gasteiger partial charge >= 0.3 is 0 Å². The number of rotatable bonds is 3. The second-order valence-corrected chi connectivity index (χ2v) is 3.85. The first-order valence-corrected chi connectivity index (χ1v) is 5.37. The molecule has 3 heterocycles. The standard InChI is InChI=1S/C11H11N5O2/c1-18-7-8-4-12-16(6-8)9-5-13-15-3-2-10(17)14-11(9)15/h2-6H,7H2,1H3,(H,14,17). The number of ether oxygens (including phenoxy) is 1. The lowest BCUT2D eigenvalue weighted by molar-refractivity contribution is 0.185. The van der Waals surface area contributed by atoms with Gasteiger partial charge in [-0.2, -0.15) is 10.2 Å². The van der Waals surface area contributed by atoms with Gasteiger partial charge in [0.25, 0.3) is 5.56 Å². The largest absolute Gasteiger partial charge is 0.380 e. The van der Waals surface area contributed by atoms with Crippen LogP contribution in [0.3, 0.4) is 0 Å². The van der Waals surface area contributed by atoms with Gasteiger partial charge in [0, 0.05) is 31.1 Å². The first-order valence-electron chi connectivity index (χ1n) is 5.37. The Morgan fingerprint density at radius 3 is 3.11 bits per heavy atom. The van der Waals surface area contributed by atoms with Gasteiger partial charge in [-0.25, -0.2) is 9.20 Å². The molecule has 0 saturated heterocycles. The predicted molar refractivity (Wildman–Crippen MR) is 63.6 cm³/mol. The van der Waals surface area contributed by atoms with Crippen molar-refractivity contribution in [2.24, 2.45) is 0 Å². The summed E-state index contributed by atoms with van der Waals surface area (Å²) in [6.07, 6.45) is 6.81. The highest BCUT2D eigenvalue weighted by atomic mass is 16.5. The molecule has 0 aliphatic carbocycles. The number of nitrogens with one attached hydrogen (secondary N) is 1. The minimum atomic E-state index is -0.173. The summed E-state index contributed by atoms with van der Waals surface area (Å²) in [5.41, 5.74) is 2.10. The number of H-pyrrole nitrogens is 1. The lowest BCUT2D eigenvalue weighted by Gasteiger charge is -1.97. The van der Waals surface area contributed by atoms with Gasteiger partial charge in [-0.05, 0) is 0 Å². The zero-order chi connectivity index (χ0) is 12.5. The lowest BCUT2D eigenvalue weighted by atomic mass is 10.4. The molecule has 0 atom stereocenters. The molecule has 0 aliphatic heterocycles. The highest BCUT2D eigenvalue weighted by Crippen LogP contribution is 2.12. The molecule has 0 fully saturated rings. The third-order valence-electron chi connectivity index (χ3n) is 2.58. The first-order chi connectivity index (χ1) is 8.78. The van der Waals surface area contributed by atoms with E-state index in [1.807, 2.05) is 6.20 Å². The van der Waals surface area contributed by atoms with E-state index in [-0.39, 0.29) is 5.56 Å². The molecule has 0 radical (unpaired) electrons. The van der Waals surface area contributed by atoms with Gasteiger partial charge in [0.2, 0.25) is 0 Å². The molecule has 92 valence electrons. The van der Waals surface area contributed by atoms with Gasteiger partial charge in [0.15, 0.2) is 5.65 Å². The third kappa shape index (κ3) is 1.70. The summed E-state index contributed by atoms with van der Waals surface area (Å²) in [7, 11) is 1.63. The molecule has 3 rings (SSSR count). The number of aromatic nitrogens is 5. The van der Waals surface area contributed by atoms with Crippen molar-refractivity contribution in [3.05, 3.63) is 46.8 Å². The van der Waals surface area contributed by atoms with Crippen LogP contribution < -0.4 is 5.56 Å². The number of fused-ring (bicyclic) bond motifs is 1. The average molecular weight is 245 g/mol. The summed E-state index contributed by atoms with van der Waals surface area (Å²) in [4.78, 5) is 14.1. The van der Waals surface area contributed by atoms with Crippen LogP contribution in [0.2, 0.25) is 0 Å². The summed E-state index contributed by atoms with van der Waals surface area (Å²) in [5.74, 6) is 0. The molecule has 0 bridgehead atoms. The summed E-state index contributed by atoms with van der Waals surface area (Å²) in [5, 5.41) is 8.36. The highest BCUT2D eigenvalue weighted by molar-refractivity contribution is 5.56. The van der Waals surface area contributed by atoms with Crippen LogP contribution in [0.4, 0.5) is 0 Å². The lowest BCUT2D eigenvalue weighted by Crippen LogP contribution is -2.07. The van der Waals surface area contributed by atoms with Gasteiger partial charge in [0.1, 0.15) is 5.69 Å². The zero-order valence-corrected chi connectivity index (χ0v) is 9.70. The van der Waals surface area contributed by atoms with Crippen LogP contribution in [-0.4, -0.2) is 31.5 Å². The zero-order valence-electron chi connectivity index (χ0n) is 9.70. The van der Waals surface area contributed by atoms with Crippen LogP contribution in [0.1, 0.15) is 5.56 Å². The second kappa shape index (κ2) is 4.11. The van der Waals surface area contributed by atoms with Gasteiger partial charge < -0.3 is 9.72 Å². The van der Waals surface area contributed by atoms with Crippen molar-refractivity contribution in [1.29, 1.82) is 0 Å². The molecule has 7 nitrogen and oxygen atoms in total. The number of methoxy groups -OCH3 is 1. The Morgan fingerprint density at radius 2 is 2.28 bits per heavy atom.